The van der Waals surface area contributed by atoms with Gasteiger partial charge in [0.2, 0.25) is 11.8 Å². The third kappa shape index (κ3) is 38.6. The molecule has 0 aliphatic heterocycles. The number of hydrogen-bond acceptors (Lipinski definition) is 8. The van der Waals surface area contributed by atoms with Gasteiger partial charge in [-0.1, -0.05) is 206 Å². The number of hydrogen-bond donors (Lipinski definition) is 6. The van der Waals surface area contributed by atoms with Gasteiger partial charge in [-0.2, -0.15) is 0 Å². The molecule has 1 unspecified atom stereocenters. The van der Waals surface area contributed by atoms with Crippen LogP contribution in [0.15, 0.2) is 0 Å². The van der Waals surface area contributed by atoms with Gasteiger partial charge in [-0.05, 0) is 64.7 Å². The van der Waals surface area contributed by atoms with Gasteiger partial charge in [0, 0.05) is 19.6 Å². The highest BCUT2D eigenvalue weighted by molar-refractivity contribution is 5.92. The Morgan fingerprint density at radius 3 is 1.19 bits per heavy atom. The minimum atomic E-state index is -1.14. The van der Waals surface area contributed by atoms with Crippen molar-refractivity contribution in [3.8, 4) is 0 Å². The molecular weight excluding hydrogens is 775 g/mol. The number of hydrazine groups is 1. The lowest BCUT2D eigenvalue weighted by Crippen LogP contribution is -2.57. The van der Waals surface area contributed by atoms with Crippen molar-refractivity contribution < 1.29 is 19.5 Å². The minimum Gasteiger partial charge on any atom is -0.481 e. The van der Waals surface area contributed by atoms with E-state index in [0.29, 0.717) is 58.5 Å². The van der Waals surface area contributed by atoms with Crippen molar-refractivity contribution in [1.82, 2.24) is 20.5 Å². The number of amides is 2. The maximum atomic E-state index is 14.2. The second kappa shape index (κ2) is 47.2. The van der Waals surface area contributed by atoms with Crippen molar-refractivity contribution in [3.05, 3.63) is 0 Å². The Morgan fingerprint density at radius 1 is 0.484 bits per heavy atom. The molecule has 0 aromatic rings. The van der Waals surface area contributed by atoms with E-state index in [-0.39, 0.29) is 5.91 Å². The molecule has 9 N–H and O–H groups in total. The highest BCUT2D eigenvalue weighted by atomic mass is 16.4. The van der Waals surface area contributed by atoms with Crippen molar-refractivity contribution in [2.75, 3.05) is 45.8 Å². The van der Waals surface area contributed by atoms with Crippen LogP contribution in [0.2, 0.25) is 0 Å². The fraction of sp³-hybridized carbons (Fsp3) is 0.941. The van der Waals surface area contributed by atoms with Gasteiger partial charge in [-0.25, -0.2) is 5.01 Å². The number of carbonyl (C=O) groups excluding carboxylic acids is 2. The van der Waals surface area contributed by atoms with Crippen LogP contribution in [0.4, 0.5) is 0 Å². The zero-order valence-corrected chi connectivity index (χ0v) is 41.1. The normalized spacial score (nSPS) is 12.5. The highest BCUT2D eigenvalue weighted by Gasteiger charge is 2.32. The average Bonchev–Trinajstić information content (AvgIpc) is 3.26. The predicted octanol–water partition coefficient (Wildman–Crippen LogP) is 10.9. The molecule has 0 fully saturated rings. The van der Waals surface area contributed by atoms with Gasteiger partial charge >= 0.3 is 5.97 Å². The third-order valence-corrected chi connectivity index (χ3v) is 12.6. The largest absolute Gasteiger partial charge is 0.481 e. The summed E-state index contributed by atoms with van der Waals surface area (Å²) in [4.78, 5) is 41.9. The summed E-state index contributed by atoms with van der Waals surface area (Å²) in [5.74, 6) is 4.58. The standard InChI is InChI=1S/C51H105N7O4/c1-3-5-7-9-11-13-15-17-19-21-23-25-27-29-31-33-43-57(44-34-32-30-28-26-24-22-20-18-16-14-12-10-8-6-4-2)51(62)47(46-49(59)60)56-50(61)48(58(54)45-37-40-53)38-35-41-55-42-36-39-52/h47-48,55H,3-46,52-54H2,1-2H3,(H,56,61)(H,59,60)/t47?,48-/m1/s1. The number of nitrogens with zero attached hydrogens (tertiary/aromatic N) is 2. The van der Waals surface area contributed by atoms with Crippen LogP contribution >= 0.6 is 0 Å². The molecule has 11 nitrogen and oxygen atoms in total. The fourth-order valence-electron chi connectivity index (χ4n) is 8.55. The van der Waals surface area contributed by atoms with Crippen LogP contribution in [0, 0.1) is 0 Å². The highest BCUT2D eigenvalue weighted by Crippen LogP contribution is 2.17. The predicted molar refractivity (Wildman–Crippen MR) is 264 cm³/mol. The van der Waals surface area contributed by atoms with Crippen molar-refractivity contribution >= 4 is 17.8 Å². The molecular formula is C51H105N7O4. The smallest absolute Gasteiger partial charge is 0.305 e. The fourth-order valence-corrected chi connectivity index (χ4v) is 8.55. The average molecular weight is 880 g/mol. The van der Waals surface area contributed by atoms with Crippen molar-refractivity contribution in [3.63, 3.8) is 0 Å². The molecule has 0 aliphatic rings. The number of nitrogens with two attached hydrogens (primary N) is 3. The summed E-state index contributed by atoms with van der Waals surface area (Å²) in [6.45, 7) is 8.71. The van der Waals surface area contributed by atoms with Gasteiger partial charge < -0.3 is 32.1 Å². The number of carboxylic acids is 1. The molecule has 11 heteroatoms. The summed E-state index contributed by atoms with van der Waals surface area (Å²) in [6, 6.07) is -1.84. The van der Waals surface area contributed by atoms with Crippen LogP contribution < -0.4 is 27.9 Å². The van der Waals surface area contributed by atoms with Crippen LogP contribution in [0.3, 0.4) is 0 Å². The van der Waals surface area contributed by atoms with Crippen LogP contribution in [-0.2, 0) is 14.4 Å². The lowest BCUT2D eigenvalue weighted by atomic mass is 10.0. The maximum absolute atomic E-state index is 14.2. The molecule has 0 aliphatic carbocycles. The third-order valence-electron chi connectivity index (χ3n) is 12.6. The van der Waals surface area contributed by atoms with Crippen LogP contribution in [0.5, 0.6) is 0 Å². The molecule has 368 valence electrons. The molecule has 2 amide bonds. The zero-order valence-electron chi connectivity index (χ0n) is 41.1. The summed E-state index contributed by atoms with van der Waals surface area (Å²) in [6.07, 6.45) is 43.3. The number of carboxylic acid groups (broad SMARTS) is 1. The van der Waals surface area contributed by atoms with Crippen molar-refractivity contribution in [1.29, 1.82) is 0 Å². The second-order valence-electron chi connectivity index (χ2n) is 18.5. The minimum absolute atomic E-state index is 0.296. The van der Waals surface area contributed by atoms with E-state index in [9.17, 15) is 19.5 Å². The first kappa shape index (κ1) is 60.2. The van der Waals surface area contributed by atoms with Crippen LogP contribution in [0.25, 0.3) is 0 Å². The SMILES string of the molecule is CCCCCCCCCCCCCCCCCCN(CCCCCCCCCCCCCCCCCC)C(=O)C(CC(=O)O)NC(=O)[C@@H](CCCNCCCN)N(N)CCCN. The van der Waals surface area contributed by atoms with Gasteiger partial charge in [0.15, 0.2) is 0 Å². The molecule has 62 heavy (non-hydrogen) atoms. The summed E-state index contributed by atoms with van der Waals surface area (Å²) < 4.78 is 0. The van der Waals surface area contributed by atoms with E-state index >= 15 is 0 Å². The first-order valence-electron chi connectivity index (χ1n) is 26.7. The monoisotopic (exact) mass is 880 g/mol. The quantitative estimate of drug-likeness (QED) is 0.0197. The maximum Gasteiger partial charge on any atom is 0.305 e. The van der Waals surface area contributed by atoms with Crippen molar-refractivity contribution in [2.45, 2.75) is 264 Å². The van der Waals surface area contributed by atoms with E-state index in [0.717, 1.165) is 51.5 Å². The second-order valence-corrected chi connectivity index (χ2v) is 18.5. The van der Waals surface area contributed by atoms with Gasteiger partial charge in [0.25, 0.3) is 0 Å². The molecule has 0 spiro atoms. The van der Waals surface area contributed by atoms with Gasteiger partial charge in [0.1, 0.15) is 12.1 Å². The Labute approximate surface area is 383 Å². The molecule has 0 bridgehead atoms. The Balaban J connectivity index is 5.11. The molecule has 0 rings (SSSR count). The van der Waals surface area contributed by atoms with Crippen LogP contribution in [0.1, 0.15) is 251 Å². The molecule has 0 aromatic heterocycles. The van der Waals surface area contributed by atoms with Gasteiger partial charge in [0.05, 0.1) is 6.42 Å². The Morgan fingerprint density at radius 2 is 0.839 bits per heavy atom. The summed E-state index contributed by atoms with van der Waals surface area (Å²) >= 11 is 0. The van der Waals surface area contributed by atoms with Crippen LogP contribution in [-0.4, -0.2) is 90.7 Å². The first-order valence-corrected chi connectivity index (χ1v) is 26.7. The molecule has 0 aromatic carbocycles. The molecule has 2 atom stereocenters. The summed E-state index contributed by atoms with van der Waals surface area (Å²) in [5, 5.41) is 17.6. The van der Waals surface area contributed by atoms with Crippen molar-refractivity contribution in [2.24, 2.45) is 17.3 Å². The van der Waals surface area contributed by atoms with Gasteiger partial charge in [-0.15, -0.1) is 0 Å². The molecule has 0 heterocycles. The van der Waals surface area contributed by atoms with E-state index < -0.39 is 30.4 Å². The Kier molecular flexibility index (Phi) is 45.8. The number of nitrogens with one attached hydrogen (secondary N) is 2. The zero-order chi connectivity index (χ0) is 45.6. The van der Waals surface area contributed by atoms with E-state index in [4.69, 9.17) is 17.3 Å². The lowest BCUT2D eigenvalue weighted by molar-refractivity contribution is -0.144. The number of carbonyl (C=O) groups is 3. The number of aliphatic carboxylic acids is 1. The van der Waals surface area contributed by atoms with Gasteiger partial charge in [-0.3, -0.25) is 20.2 Å². The number of unbranched alkanes of at least 4 members (excludes halogenated alkanes) is 30. The topological polar surface area (TPSA) is 180 Å². The molecule has 0 saturated carbocycles. The van der Waals surface area contributed by atoms with E-state index in [1.54, 1.807) is 0 Å². The summed E-state index contributed by atoms with van der Waals surface area (Å²) in [7, 11) is 0. The Hall–Kier alpha value is -1.79. The Bertz CT molecular complexity index is 954. The number of rotatable bonds is 50. The molecule has 0 saturated heterocycles. The van der Waals surface area contributed by atoms with E-state index in [1.165, 1.54) is 172 Å². The van der Waals surface area contributed by atoms with E-state index in [1.807, 2.05) is 4.90 Å². The molecule has 0 radical (unpaired) electrons. The first-order chi connectivity index (χ1) is 30.3. The lowest BCUT2D eigenvalue weighted by Gasteiger charge is -2.31. The van der Waals surface area contributed by atoms with E-state index in [2.05, 4.69) is 24.5 Å². The summed E-state index contributed by atoms with van der Waals surface area (Å²) in [5.41, 5.74) is 11.4.